The molecular weight excluding hydrogens is 234 g/mol. The lowest BCUT2D eigenvalue weighted by molar-refractivity contribution is -0.142. The van der Waals surface area contributed by atoms with Crippen LogP contribution >= 0.6 is 0 Å². The summed E-state index contributed by atoms with van der Waals surface area (Å²) in [5.74, 6) is -0.886. The van der Waals surface area contributed by atoms with E-state index in [2.05, 4.69) is 20.4 Å². The number of carboxylic acid groups (broad SMARTS) is 1. The van der Waals surface area contributed by atoms with E-state index < -0.39 is 18.0 Å². The third-order valence-electron chi connectivity index (χ3n) is 3.12. The number of rotatable bonds is 5. The van der Waals surface area contributed by atoms with Crippen LogP contribution in [-0.2, 0) is 9.53 Å². The fraction of sp³-hybridized carbons (Fsp3) is 0.692. The molecule has 0 radical (unpaired) electrons. The minimum atomic E-state index is -0.834. The van der Waals surface area contributed by atoms with E-state index in [1.54, 1.807) is 0 Å². The van der Waals surface area contributed by atoms with Crippen molar-refractivity contribution in [3.8, 4) is 0 Å². The number of carbonyl (C=O) groups is 2. The summed E-state index contributed by atoms with van der Waals surface area (Å²) in [6.45, 7) is 8.43. The van der Waals surface area contributed by atoms with E-state index in [1.807, 2.05) is 0 Å². The SMILES string of the molecule is C=CCOC(=O)N1C[C@@H](CC(C)C)[C@H](C(=O)O)C1. The van der Waals surface area contributed by atoms with Gasteiger partial charge in [0.05, 0.1) is 5.92 Å². The normalized spacial score (nSPS) is 23.2. The first kappa shape index (κ1) is 14.5. The fourth-order valence-corrected chi connectivity index (χ4v) is 2.37. The molecule has 1 fully saturated rings. The summed E-state index contributed by atoms with van der Waals surface area (Å²) in [4.78, 5) is 24.3. The van der Waals surface area contributed by atoms with Crippen LogP contribution in [0.1, 0.15) is 20.3 Å². The highest BCUT2D eigenvalue weighted by Crippen LogP contribution is 2.29. The van der Waals surface area contributed by atoms with Gasteiger partial charge in [0.15, 0.2) is 0 Å². The van der Waals surface area contributed by atoms with Gasteiger partial charge in [0.1, 0.15) is 6.61 Å². The Labute approximate surface area is 107 Å². The second kappa shape index (κ2) is 6.42. The van der Waals surface area contributed by atoms with Crippen molar-refractivity contribution in [2.45, 2.75) is 20.3 Å². The molecule has 0 aromatic carbocycles. The van der Waals surface area contributed by atoms with Gasteiger partial charge in [-0.1, -0.05) is 26.5 Å². The van der Waals surface area contributed by atoms with Crippen molar-refractivity contribution < 1.29 is 19.4 Å². The van der Waals surface area contributed by atoms with Gasteiger partial charge in [-0.25, -0.2) is 4.79 Å². The molecule has 2 atom stereocenters. The minimum absolute atomic E-state index is 0.0128. The van der Waals surface area contributed by atoms with Crippen molar-refractivity contribution in [3.05, 3.63) is 12.7 Å². The Morgan fingerprint density at radius 1 is 1.50 bits per heavy atom. The van der Waals surface area contributed by atoms with E-state index >= 15 is 0 Å². The van der Waals surface area contributed by atoms with Crippen LogP contribution < -0.4 is 0 Å². The summed E-state index contributed by atoms with van der Waals surface area (Å²) in [7, 11) is 0. The Bertz CT molecular complexity index is 327. The lowest BCUT2D eigenvalue weighted by atomic mass is 9.88. The number of likely N-dealkylation sites (tertiary alicyclic amines) is 1. The summed E-state index contributed by atoms with van der Waals surface area (Å²) in [6, 6.07) is 0. The molecule has 0 saturated carbocycles. The third-order valence-corrected chi connectivity index (χ3v) is 3.12. The monoisotopic (exact) mass is 255 g/mol. The van der Waals surface area contributed by atoms with Crippen LogP contribution in [0.15, 0.2) is 12.7 Å². The lowest BCUT2D eigenvalue weighted by Gasteiger charge is -2.16. The van der Waals surface area contributed by atoms with Crippen LogP contribution in [0.2, 0.25) is 0 Å². The second-order valence-corrected chi connectivity index (χ2v) is 5.10. The number of hydrogen-bond acceptors (Lipinski definition) is 3. The Morgan fingerprint density at radius 3 is 2.67 bits per heavy atom. The molecule has 0 spiro atoms. The zero-order chi connectivity index (χ0) is 13.7. The summed E-state index contributed by atoms with van der Waals surface area (Å²) in [6.07, 6.45) is 1.85. The molecule has 1 aliphatic heterocycles. The van der Waals surface area contributed by atoms with E-state index in [9.17, 15) is 14.7 Å². The van der Waals surface area contributed by atoms with Gasteiger partial charge in [0, 0.05) is 13.1 Å². The first-order chi connectivity index (χ1) is 8.45. The number of hydrogen-bond donors (Lipinski definition) is 1. The maximum Gasteiger partial charge on any atom is 0.410 e. The van der Waals surface area contributed by atoms with Gasteiger partial charge in [-0.15, -0.1) is 0 Å². The molecule has 0 unspecified atom stereocenters. The van der Waals surface area contributed by atoms with Crippen molar-refractivity contribution in [2.24, 2.45) is 17.8 Å². The van der Waals surface area contributed by atoms with E-state index in [0.29, 0.717) is 12.5 Å². The van der Waals surface area contributed by atoms with Gasteiger partial charge < -0.3 is 14.7 Å². The van der Waals surface area contributed by atoms with Crippen molar-refractivity contribution in [2.75, 3.05) is 19.7 Å². The van der Waals surface area contributed by atoms with E-state index in [4.69, 9.17) is 4.74 Å². The smallest absolute Gasteiger partial charge is 0.410 e. The van der Waals surface area contributed by atoms with Gasteiger partial charge in [-0.3, -0.25) is 4.79 Å². The predicted molar refractivity (Wildman–Crippen MR) is 67.2 cm³/mol. The average Bonchev–Trinajstić information content (AvgIpc) is 2.69. The summed E-state index contributed by atoms with van der Waals surface area (Å²) in [5, 5.41) is 9.18. The Hall–Kier alpha value is -1.52. The summed E-state index contributed by atoms with van der Waals surface area (Å²) < 4.78 is 4.93. The van der Waals surface area contributed by atoms with Crippen LogP contribution in [0.5, 0.6) is 0 Å². The van der Waals surface area contributed by atoms with Gasteiger partial charge >= 0.3 is 12.1 Å². The quantitative estimate of drug-likeness (QED) is 0.763. The second-order valence-electron chi connectivity index (χ2n) is 5.10. The molecule has 1 rings (SSSR count). The van der Waals surface area contributed by atoms with Crippen molar-refractivity contribution >= 4 is 12.1 Å². The van der Waals surface area contributed by atoms with Gasteiger partial charge in [0.25, 0.3) is 0 Å². The topological polar surface area (TPSA) is 66.8 Å². The van der Waals surface area contributed by atoms with Gasteiger partial charge in [-0.2, -0.15) is 0 Å². The Balaban J connectivity index is 2.62. The number of nitrogens with zero attached hydrogens (tertiary/aromatic N) is 1. The van der Waals surface area contributed by atoms with E-state index in [0.717, 1.165) is 6.42 Å². The van der Waals surface area contributed by atoms with Crippen molar-refractivity contribution in [1.29, 1.82) is 0 Å². The molecule has 1 aliphatic rings. The summed E-state index contributed by atoms with van der Waals surface area (Å²) >= 11 is 0. The maximum atomic E-state index is 11.7. The van der Waals surface area contributed by atoms with E-state index in [-0.39, 0.29) is 19.1 Å². The molecule has 1 N–H and O–H groups in total. The lowest BCUT2D eigenvalue weighted by Crippen LogP contribution is -2.30. The first-order valence-corrected chi connectivity index (χ1v) is 6.21. The third kappa shape index (κ3) is 3.75. The minimum Gasteiger partial charge on any atom is -0.481 e. The van der Waals surface area contributed by atoms with Crippen LogP contribution in [0.4, 0.5) is 4.79 Å². The van der Waals surface area contributed by atoms with Gasteiger partial charge in [-0.05, 0) is 18.3 Å². The first-order valence-electron chi connectivity index (χ1n) is 6.21. The molecule has 1 saturated heterocycles. The number of amides is 1. The van der Waals surface area contributed by atoms with E-state index in [1.165, 1.54) is 11.0 Å². The van der Waals surface area contributed by atoms with Crippen molar-refractivity contribution in [1.82, 2.24) is 4.90 Å². The molecule has 0 aromatic rings. The van der Waals surface area contributed by atoms with Crippen molar-refractivity contribution in [3.63, 3.8) is 0 Å². The highest BCUT2D eigenvalue weighted by Gasteiger charge is 2.40. The number of carbonyl (C=O) groups excluding carboxylic acids is 1. The highest BCUT2D eigenvalue weighted by atomic mass is 16.6. The van der Waals surface area contributed by atoms with Crippen LogP contribution in [-0.4, -0.2) is 41.8 Å². The summed E-state index contributed by atoms with van der Waals surface area (Å²) in [5.41, 5.74) is 0. The highest BCUT2D eigenvalue weighted by molar-refractivity contribution is 5.74. The Kier molecular flexibility index (Phi) is 5.19. The zero-order valence-electron chi connectivity index (χ0n) is 11.0. The molecule has 1 amide bonds. The standard InChI is InChI=1S/C13H21NO4/c1-4-5-18-13(17)14-7-10(6-9(2)3)11(8-14)12(15)16/h4,9-11H,1,5-8H2,2-3H3,(H,15,16)/t10-,11-/m1/s1. The molecule has 0 aliphatic carbocycles. The molecule has 18 heavy (non-hydrogen) atoms. The molecule has 0 aromatic heterocycles. The Morgan fingerprint density at radius 2 is 2.17 bits per heavy atom. The molecule has 102 valence electrons. The fourth-order valence-electron chi connectivity index (χ4n) is 2.37. The largest absolute Gasteiger partial charge is 0.481 e. The maximum absolute atomic E-state index is 11.7. The van der Waals surface area contributed by atoms with Crippen LogP contribution in [0.3, 0.4) is 0 Å². The molecule has 0 bridgehead atoms. The van der Waals surface area contributed by atoms with Crippen LogP contribution in [0.25, 0.3) is 0 Å². The zero-order valence-corrected chi connectivity index (χ0v) is 11.0. The molecule has 1 heterocycles. The van der Waals surface area contributed by atoms with Crippen LogP contribution in [0, 0.1) is 17.8 Å². The predicted octanol–water partition coefficient (Wildman–Crippen LogP) is 1.99. The number of ether oxygens (including phenoxy) is 1. The number of aliphatic carboxylic acids is 1. The molecular formula is C13H21NO4. The number of carboxylic acids is 1. The van der Waals surface area contributed by atoms with Gasteiger partial charge in [0.2, 0.25) is 0 Å². The average molecular weight is 255 g/mol. The molecule has 5 heteroatoms. The molecule has 5 nitrogen and oxygen atoms in total.